The van der Waals surface area contributed by atoms with Crippen LogP contribution in [0.25, 0.3) is 20.8 Å². The van der Waals surface area contributed by atoms with E-state index in [1.54, 1.807) is 28.4 Å². The third-order valence-corrected chi connectivity index (χ3v) is 4.37. The molecule has 0 aliphatic carbocycles. The fourth-order valence-corrected chi connectivity index (χ4v) is 3.24. The largest absolute Gasteiger partial charge is 0.336 e. The van der Waals surface area contributed by atoms with E-state index < -0.39 is 0 Å². The number of aryl methyl sites for hydroxylation is 1. The molecule has 0 aliphatic rings. The number of hydrogen-bond acceptors (Lipinski definition) is 5. The van der Waals surface area contributed by atoms with Crippen molar-refractivity contribution < 1.29 is 0 Å². The predicted octanol–water partition coefficient (Wildman–Crippen LogP) is 3.84. The maximum atomic E-state index is 4.75. The van der Waals surface area contributed by atoms with E-state index in [-0.39, 0.29) is 0 Å². The lowest BCUT2D eigenvalue weighted by atomic mass is 10.2. The minimum atomic E-state index is 0.754. The van der Waals surface area contributed by atoms with Gasteiger partial charge in [-0.15, -0.1) is 11.3 Å². The number of nitrogens with zero attached hydrogens (tertiary/aromatic N) is 4. The standard InChI is InChI=1S/C16H13N5S/c1-21-10-12(9-18-21)19-15-14-13(7-8-17-15)22-16(20-14)11-5-3-2-4-6-11/h2-10H,1H3,(H,17,19). The summed E-state index contributed by atoms with van der Waals surface area (Å²) >= 11 is 1.67. The van der Waals surface area contributed by atoms with Gasteiger partial charge in [0.15, 0.2) is 5.82 Å². The van der Waals surface area contributed by atoms with Gasteiger partial charge >= 0.3 is 0 Å². The second kappa shape index (κ2) is 5.23. The Morgan fingerprint density at radius 1 is 1.14 bits per heavy atom. The van der Waals surface area contributed by atoms with E-state index in [9.17, 15) is 0 Å². The first-order chi connectivity index (χ1) is 10.8. The molecule has 0 aliphatic heterocycles. The van der Waals surface area contributed by atoms with Crippen LogP contribution in [0.3, 0.4) is 0 Å². The highest BCUT2D eigenvalue weighted by Crippen LogP contribution is 2.33. The molecule has 0 amide bonds. The zero-order valence-corrected chi connectivity index (χ0v) is 12.7. The summed E-state index contributed by atoms with van der Waals surface area (Å²) in [5, 5.41) is 8.43. The van der Waals surface area contributed by atoms with E-state index >= 15 is 0 Å². The molecule has 5 nitrogen and oxygen atoms in total. The summed E-state index contributed by atoms with van der Waals surface area (Å²) in [5.41, 5.74) is 2.91. The van der Waals surface area contributed by atoms with Gasteiger partial charge < -0.3 is 5.32 Å². The Labute approximate surface area is 131 Å². The summed E-state index contributed by atoms with van der Waals surface area (Å²) in [6.45, 7) is 0. The minimum Gasteiger partial charge on any atom is -0.336 e. The molecule has 0 saturated carbocycles. The predicted molar refractivity (Wildman–Crippen MR) is 89.3 cm³/mol. The summed E-state index contributed by atoms with van der Waals surface area (Å²) in [6, 6.07) is 12.2. The van der Waals surface area contributed by atoms with Gasteiger partial charge in [-0.25, -0.2) is 9.97 Å². The summed E-state index contributed by atoms with van der Waals surface area (Å²) in [5.74, 6) is 0.754. The molecule has 3 heterocycles. The number of aromatic nitrogens is 4. The van der Waals surface area contributed by atoms with Gasteiger partial charge in [-0.05, 0) is 6.07 Å². The van der Waals surface area contributed by atoms with Gasteiger partial charge in [0.05, 0.1) is 16.6 Å². The second-order valence-electron chi connectivity index (χ2n) is 4.92. The smallest absolute Gasteiger partial charge is 0.157 e. The zero-order valence-electron chi connectivity index (χ0n) is 11.9. The third-order valence-electron chi connectivity index (χ3n) is 3.30. The molecule has 0 bridgehead atoms. The van der Waals surface area contributed by atoms with Crippen LogP contribution in [0.2, 0.25) is 0 Å². The van der Waals surface area contributed by atoms with Crippen LogP contribution < -0.4 is 5.32 Å². The number of rotatable bonds is 3. The van der Waals surface area contributed by atoms with Crippen LogP contribution in [-0.4, -0.2) is 19.7 Å². The van der Waals surface area contributed by atoms with E-state index in [0.717, 1.165) is 32.3 Å². The van der Waals surface area contributed by atoms with Crippen LogP contribution >= 0.6 is 11.3 Å². The molecule has 1 N–H and O–H groups in total. The average molecular weight is 307 g/mol. The molecule has 4 rings (SSSR count). The molecule has 108 valence electrons. The molecule has 0 atom stereocenters. The highest BCUT2D eigenvalue weighted by Gasteiger charge is 2.11. The maximum Gasteiger partial charge on any atom is 0.157 e. The SMILES string of the molecule is Cn1cc(Nc2nccc3sc(-c4ccccc4)nc23)cn1. The van der Waals surface area contributed by atoms with E-state index in [1.807, 2.05) is 37.5 Å². The minimum absolute atomic E-state index is 0.754. The monoisotopic (exact) mass is 307 g/mol. The van der Waals surface area contributed by atoms with Crippen molar-refractivity contribution in [3.63, 3.8) is 0 Å². The Morgan fingerprint density at radius 3 is 2.77 bits per heavy atom. The quantitative estimate of drug-likeness (QED) is 0.625. The number of thiazole rings is 1. The van der Waals surface area contributed by atoms with E-state index in [0.29, 0.717) is 0 Å². The number of anilines is 2. The molecular formula is C16H13N5S. The maximum absolute atomic E-state index is 4.75. The fourth-order valence-electron chi connectivity index (χ4n) is 2.27. The Hall–Kier alpha value is -2.73. The molecule has 4 aromatic rings. The number of benzene rings is 1. The van der Waals surface area contributed by atoms with Crippen molar-refractivity contribution in [3.8, 4) is 10.6 Å². The molecule has 0 spiro atoms. The van der Waals surface area contributed by atoms with Crippen molar-refractivity contribution in [3.05, 3.63) is 55.0 Å². The van der Waals surface area contributed by atoms with E-state index in [2.05, 4.69) is 27.5 Å². The molecule has 22 heavy (non-hydrogen) atoms. The van der Waals surface area contributed by atoms with E-state index in [4.69, 9.17) is 4.98 Å². The van der Waals surface area contributed by atoms with Crippen LogP contribution in [0.5, 0.6) is 0 Å². The Morgan fingerprint density at radius 2 is 2.00 bits per heavy atom. The number of pyridine rings is 1. The molecule has 0 saturated heterocycles. The van der Waals surface area contributed by atoms with Crippen molar-refractivity contribution in [1.82, 2.24) is 19.7 Å². The first-order valence-electron chi connectivity index (χ1n) is 6.86. The highest BCUT2D eigenvalue weighted by molar-refractivity contribution is 7.21. The van der Waals surface area contributed by atoms with Crippen molar-refractivity contribution in [2.24, 2.45) is 7.05 Å². The molecule has 3 aromatic heterocycles. The lowest BCUT2D eigenvalue weighted by molar-refractivity contribution is 0.768. The number of hydrogen-bond donors (Lipinski definition) is 1. The van der Waals surface area contributed by atoms with Gasteiger partial charge in [0.1, 0.15) is 10.5 Å². The number of fused-ring (bicyclic) bond motifs is 1. The van der Waals surface area contributed by atoms with Crippen LogP contribution in [-0.2, 0) is 7.05 Å². The molecule has 6 heteroatoms. The van der Waals surface area contributed by atoms with Crippen molar-refractivity contribution in [2.75, 3.05) is 5.32 Å². The summed E-state index contributed by atoms with van der Waals surface area (Å²) in [7, 11) is 1.88. The summed E-state index contributed by atoms with van der Waals surface area (Å²) < 4.78 is 2.86. The summed E-state index contributed by atoms with van der Waals surface area (Å²) in [4.78, 5) is 9.17. The fraction of sp³-hybridized carbons (Fsp3) is 0.0625. The molecule has 0 fully saturated rings. The van der Waals surface area contributed by atoms with Gasteiger partial charge in [-0.3, -0.25) is 4.68 Å². The van der Waals surface area contributed by atoms with Gasteiger partial charge in [-0.1, -0.05) is 30.3 Å². The van der Waals surface area contributed by atoms with Crippen molar-refractivity contribution in [2.45, 2.75) is 0 Å². The lowest BCUT2D eigenvalue weighted by Crippen LogP contribution is -1.93. The topological polar surface area (TPSA) is 55.6 Å². The zero-order chi connectivity index (χ0) is 14.9. The highest BCUT2D eigenvalue weighted by atomic mass is 32.1. The molecule has 0 radical (unpaired) electrons. The van der Waals surface area contributed by atoms with Gasteiger partial charge in [-0.2, -0.15) is 5.10 Å². The molecular weight excluding hydrogens is 294 g/mol. The Bertz CT molecular complexity index is 926. The lowest BCUT2D eigenvalue weighted by Gasteiger charge is -2.02. The molecule has 0 unspecified atom stereocenters. The van der Waals surface area contributed by atoms with Crippen LogP contribution in [0, 0.1) is 0 Å². The second-order valence-corrected chi connectivity index (χ2v) is 5.95. The van der Waals surface area contributed by atoms with Crippen LogP contribution in [0.4, 0.5) is 11.5 Å². The van der Waals surface area contributed by atoms with E-state index in [1.165, 1.54) is 0 Å². The van der Waals surface area contributed by atoms with Gasteiger partial charge in [0.25, 0.3) is 0 Å². The first kappa shape index (κ1) is 13.0. The van der Waals surface area contributed by atoms with Crippen LogP contribution in [0.1, 0.15) is 0 Å². The first-order valence-corrected chi connectivity index (χ1v) is 7.68. The van der Waals surface area contributed by atoms with Crippen molar-refractivity contribution >= 4 is 33.1 Å². The van der Waals surface area contributed by atoms with Crippen molar-refractivity contribution in [1.29, 1.82) is 0 Å². The number of nitrogens with one attached hydrogen (secondary N) is 1. The normalized spacial score (nSPS) is 11.0. The average Bonchev–Trinajstić information content (AvgIpc) is 3.15. The Balaban J connectivity index is 1.78. The van der Waals surface area contributed by atoms with Gasteiger partial charge in [0, 0.05) is 25.0 Å². The summed E-state index contributed by atoms with van der Waals surface area (Å²) in [6.07, 6.45) is 5.48. The van der Waals surface area contributed by atoms with Gasteiger partial charge in [0.2, 0.25) is 0 Å². The van der Waals surface area contributed by atoms with Crippen LogP contribution in [0.15, 0.2) is 55.0 Å². The Kier molecular flexibility index (Phi) is 3.08. The third kappa shape index (κ3) is 2.33. The molecule has 1 aromatic carbocycles.